The van der Waals surface area contributed by atoms with Crippen molar-refractivity contribution in [1.82, 2.24) is 9.97 Å². The molecule has 7 heteroatoms. The van der Waals surface area contributed by atoms with Crippen LogP contribution >= 0.6 is 0 Å². The molecular weight excluding hydrogens is 236 g/mol. The maximum Gasteiger partial charge on any atom is 0.273 e. The molecule has 0 saturated carbocycles. The molecule has 1 aromatic heterocycles. The molecule has 0 atom stereocenters. The summed E-state index contributed by atoms with van der Waals surface area (Å²) in [5.41, 5.74) is -0.0368. The van der Waals surface area contributed by atoms with E-state index < -0.39 is 4.92 Å². The third-order valence-corrected chi connectivity index (χ3v) is 2.12. The van der Waals surface area contributed by atoms with Crippen molar-refractivity contribution in [2.24, 2.45) is 0 Å². The molecule has 2 rings (SSSR count). The second-order valence-corrected chi connectivity index (χ2v) is 3.35. The van der Waals surface area contributed by atoms with Crippen LogP contribution in [-0.4, -0.2) is 21.9 Å². The average molecular weight is 246 g/mol. The molecule has 2 aromatic rings. The predicted octanol–water partition coefficient (Wildman–Crippen LogP) is 2.22. The zero-order valence-electron chi connectivity index (χ0n) is 9.53. The molecule has 0 aliphatic carbocycles. The number of ether oxygens (including phenoxy) is 1. The van der Waals surface area contributed by atoms with Gasteiger partial charge in [0.05, 0.1) is 23.4 Å². The highest BCUT2D eigenvalue weighted by atomic mass is 16.6. The Bertz CT molecular complexity index is 574. The van der Waals surface area contributed by atoms with Crippen LogP contribution in [0.5, 0.6) is 11.6 Å². The summed E-state index contributed by atoms with van der Waals surface area (Å²) >= 11 is 0. The van der Waals surface area contributed by atoms with Gasteiger partial charge in [-0.05, 0) is 6.07 Å². The van der Waals surface area contributed by atoms with E-state index in [0.29, 0.717) is 11.6 Å². The molecule has 0 bridgehead atoms. The molecule has 0 radical (unpaired) electrons. The van der Waals surface area contributed by atoms with E-state index in [1.165, 1.54) is 18.3 Å². The van der Waals surface area contributed by atoms with E-state index in [4.69, 9.17) is 4.74 Å². The van der Waals surface area contributed by atoms with Crippen molar-refractivity contribution in [2.45, 2.75) is 0 Å². The third kappa shape index (κ3) is 2.70. The lowest BCUT2D eigenvalue weighted by molar-refractivity contribution is -0.384. The van der Waals surface area contributed by atoms with Gasteiger partial charge in [0.15, 0.2) is 0 Å². The lowest BCUT2D eigenvalue weighted by Gasteiger charge is -2.05. The van der Waals surface area contributed by atoms with Crippen LogP contribution in [0.2, 0.25) is 0 Å². The molecule has 0 aliphatic heterocycles. The Hall–Kier alpha value is -2.70. The number of non-ortho nitro benzene ring substituents is 1. The summed E-state index contributed by atoms with van der Waals surface area (Å²) in [5, 5.41) is 13.4. The lowest BCUT2D eigenvalue weighted by atomic mass is 10.3. The Morgan fingerprint density at radius 2 is 2.22 bits per heavy atom. The summed E-state index contributed by atoms with van der Waals surface area (Å²) in [7, 11) is 1.71. The molecule has 0 saturated heterocycles. The summed E-state index contributed by atoms with van der Waals surface area (Å²) in [5.74, 6) is 1.16. The van der Waals surface area contributed by atoms with E-state index in [9.17, 15) is 10.1 Å². The van der Waals surface area contributed by atoms with E-state index in [1.807, 2.05) is 0 Å². The molecule has 1 heterocycles. The number of nitrogens with zero attached hydrogens (tertiary/aromatic N) is 3. The van der Waals surface area contributed by atoms with Gasteiger partial charge in [-0.25, -0.2) is 0 Å². The van der Waals surface area contributed by atoms with Gasteiger partial charge in [0.2, 0.25) is 5.88 Å². The van der Waals surface area contributed by atoms with Crippen molar-refractivity contribution >= 4 is 11.5 Å². The first-order chi connectivity index (χ1) is 8.69. The number of hydrogen-bond acceptors (Lipinski definition) is 6. The van der Waals surface area contributed by atoms with Crippen LogP contribution in [0.1, 0.15) is 0 Å². The number of benzene rings is 1. The normalized spacial score (nSPS) is 9.83. The molecule has 0 amide bonds. The van der Waals surface area contributed by atoms with Crippen LogP contribution < -0.4 is 10.1 Å². The van der Waals surface area contributed by atoms with E-state index >= 15 is 0 Å². The molecule has 18 heavy (non-hydrogen) atoms. The number of nitro groups is 1. The van der Waals surface area contributed by atoms with Gasteiger partial charge in [-0.3, -0.25) is 15.1 Å². The number of nitro benzene ring substituents is 1. The van der Waals surface area contributed by atoms with E-state index in [0.717, 1.165) is 0 Å². The van der Waals surface area contributed by atoms with Gasteiger partial charge in [0, 0.05) is 13.1 Å². The van der Waals surface area contributed by atoms with Gasteiger partial charge in [-0.2, -0.15) is 4.98 Å². The molecule has 1 N–H and O–H groups in total. The molecule has 0 spiro atoms. The second kappa shape index (κ2) is 5.09. The fraction of sp³-hybridized carbons (Fsp3) is 0.0909. The second-order valence-electron chi connectivity index (χ2n) is 3.35. The van der Waals surface area contributed by atoms with Gasteiger partial charge in [-0.1, -0.05) is 6.07 Å². The van der Waals surface area contributed by atoms with Crippen LogP contribution in [0.4, 0.5) is 11.5 Å². The minimum atomic E-state index is -0.484. The number of rotatable bonds is 4. The number of aromatic nitrogens is 2. The highest BCUT2D eigenvalue weighted by Gasteiger charge is 2.07. The third-order valence-electron chi connectivity index (χ3n) is 2.12. The number of hydrogen-bond donors (Lipinski definition) is 1. The Labute approximate surface area is 103 Å². The van der Waals surface area contributed by atoms with Crippen LogP contribution in [0, 0.1) is 10.1 Å². The summed E-state index contributed by atoms with van der Waals surface area (Å²) in [4.78, 5) is 18.2. The Morgan fingerprint density at radius 3 is 2.94 bits per heavy atom. The zero-order chi connectivity index (χ0) is 13.0. The Morgan fingerprint density at radius 1 is 1.39 bits per heavy atom. The molecule has 0 fully saturated rings. The van der Waals surface area contributed by atoms with Crippen molar-refractivity contribution in [1.29, 1.82) is 0 Å². The first-order valence-electron chi connectivity index (χ1n) is 5.11. The largest absolute Gasteiger partial charge is 0.437 e. The molecule has 1 aromatic carbocycles. The standard InChI is InChI=1S/C11H10N4O3/c1-12-10-6-13-7-11(14-10)18-9-4-2-3-8(5-9)15(16)17/h2-7H,1H3,(H,12,14). The van der Waals surface area contributed by atoms with Crippen LogP contribution in [0.15, 0.2) is 36.7 Å². The van der Waals surface area contributed by atoms with Crippen LogP contribution in [-0.2, 0) is 0 Å². The van der Waals surface area contributed by atoms with E-state index in [2.05, 4.69) is 15.3 Å². The first kappa shape index (κ1) is 11.8. The maximum absolute atomic E-state index is 10.6. The minimum Gasteiger partial charge on any atom is -0.437 e. The summed E-state index contributed by atoms with van der Waals surface area (Å²) < 4.78 is 5.39. The Kier molecular flexibility index (Phi) is 3.33. The molecule has 0 unspecified atom stereocenters. The number of nitrogens with one attached hydrogen (secondary N) is 1. The average Bonchev–Trinajstić information content (AvgIpc) is 2.39. The number of anilines is 1. The molecule has 0 aliphatic rings. The van der Waals surface area contributed by atoms with Gasteiger partial charge >= 0.3 is 0 Å². The van der Waals surface area contributed by atoms with Gasteiger partial charge in [0.1, 0.15) is 11.6 Å². The van der Waals surface area contributed by atoms with Gasteiger partial charge < -0.3 is 10.1 Å². The quantitative estimate of drug-likeness (QED) is 0.657. The summed E-state index contributed by atoms with van der Waals surface area (Å²) in [6, 6.07) is 5.87. The molecular formula is C11H10N4O3. The van der Waals surface area contributed by atoms with Gasteiger partial charge in [-0.15, -0.1) is 0 Å². The van der Waals surface area contributed by atoms with E-state index in [-0.39, 0.29) is 11.6 Å². The molecule has 92 valence electrons. The zero-order valence-corrected chi connectivity index (χ0v) is 9.53. The van der Waals surface area contributed by atoms with Gasteiger partial charge in [0.25, 0.3) is 5.69 Å². The first-order valence-corrected chi connectivity index (χ1v) is 5.11. The SMILES string of the molecule is CNc1cncc(Oc2cccc([N+](=O)[O-])c2)n1. The summed E-state index contributed by atoms with van der Waals surface area (Å²) in [6.45, 7) is 0. The highest BCUT2D eigenvalue weighted by molar-refractivity contribution is 5.40. The topological polar surface area (TPSA) is 90.2 Å². The highest BCUT2D eigenvalue weighted by Crippen LogP contribution is 2.23. The lowest BCUT2D eigenvalue weighted by Crippen LogP contribution is -1.96. The fourth-order valence-corrected chi connectivity index (χ4v) is 1.30. The summed E-state index contributed by atoms with van der Waals surface area (Å²) in [6.07, 6.45) is 2.97. The van der Waals surface area contributed by atoms with Crippen molar-refractivity contribution in [2.75, 3.05) is 12.4 Å². The van der Waals surface area contributed by atoms with Crippen LogP contribution in [0.25, 0.3) is 0 Å². The van der Waals surface area contributed by atoms with Crippen LogP contribution in [0.3, 0.4) is 0 Å². The van der Waals surface area contributed by atoms with Crippen molar-refractivity contribution < 1.29 is 9.66 Å². The van der Waals surface area contributed by atoms with Crippen molar-refractivity contribution in [3.63, 3.8) is 0 Å². The predicted molar refractivity (Wildman–Crippen MR) is 64.7 cm³/mol. The monoisotopic (exact) mass is 246 g/mol. The van der Waals surface area contributed by atoms with Crippen molar-refractivity contribution in [3.05, 3.63) is 46.8 Å². The Balaban J connectivity index is 2.22. The minimum absolute atomic E-state index is 0.0368. The maximum atomic E-state index is 10.6. The smallest absolute Gasteiger partial charge is 0.273 e. The fourth-order valence-electron chi connectivity index (χ4n) is 1.30. The van der Waals surface area contributed by atoms with Crippen molar-refractivity contribution in [3.8, 4) is 11.6 Å². The molecule has 7 nitrogen and oxygen atoms in total. The van der Waals surface area contributed by atoms with E-state index in [1.54, 1.807) is 25.4 Å².